The van der Waals surface area contributed by atoms with Crippen molar-refractivity contribution in [2.45, 2.75) is 77.0 Å². The minimum absolute atomic E-state index is 1.07. The molecule has 1 saturated heterocycles. The Labute approximate surface area is 127 Å². The van der Waals surface area contributed by atoms with Crippen molar-refractivity contribution >= 4 is 12.6 Å². The van der Waals surface area contributed by atoms with Gasteiger partial charge >= 0.3 is 0 Å². The van der Waals surface area contributed by atoms with Crippen LogP contribution in [0.5, 0.6) is 0 Å². The van der Waals surface area contributed by atoms with E-state index in [9.17, 15) is 0 Å². The molecule has 2 heteroatoms. The number of likely N-dealkylation sites (tertiary alicyclic amines) is 1. The van der Waals surface area contributed by atoms with Gasteiger partial charge < -0.3 is 4.48 Å². The van der Waals surface area contributed by atoms with E-state index in [-0.39, 0.29) is 0 Å². The lowest BCUT2D eigenvalue weighted by molar-refractivity contribution is -0.897. The van der Waals surface area contributed by atoms with Crippen molar-refractivity contribution in [3.8, 4) is 0 Å². The van der Waals surface area contributed by atoms with Gasteiger partial charge in [-0.15, -0.1) is 0 Å². The summed E-state index contributed by atoms with van der Waals surface area (Å²) in [5.41, 5.74) is 0. The van der Waals surface area contributed by atoms with Crippen LogP contribution in [0.2, 0.25) is 0 Å². The highest BCUT2D eigenvalue weighted by Crippen LogP contribution is 2.18. The molecule has 0 aromatic rings. The highest BCUT2D eigenvalue weighted by molar-refractivity contribution is 7.80. The van der Waals surface area contributed by atoms with Crippen LogP contribution in [0.25, 0.3) is 0 Å². The first-order valence-corrected chi connectivity index (χ1v) is 9.34. The summed E-state index contributed by atoms with van der Waals surface area (Å²) in [6.45, 7) is 4.31. The molecule has 114 valence electrons. The second-order valence-electron chi connectivity index (χ2n) is 6.76. The average Bonchev–Trinajstić information content (AvgIpc) is 2.83. The second kappa shape index (κ2) is 11.0. The van der Waals surface area contributed by atoms with Gasteiger partial charge in [0.05, 0.1) is 26.7 Å². The lowest BCUT2D eigenvalue weighted by atomic mass is 10.1. The summed E-state index contributed by atoms with van der Waals surface area (Å²) < 4.78 is 1.37. The SMILES string of the molecule is C[N+]1(CCCCCCCCCCCCS)CCCC1. The molecule has 0 spiro atoms. The smallest absolute Gasteiger partial charge is 0.0786 e. The van der Waals surface area contributed by atoms with E-state index in [0.717, 1.165) is 5.75 Å². The monoisotopic (exact) mass is 286 g/mol. The van der Waals surface area contributed by atoms with Gasteiger partial charge in [0.2, 0.25) is 0 Å². The number of quaternary nitrogens is 1. The van der Waals surface area contributed by atoms with Gasteiger partial charge in [-0.05, 0) is 25.0 Å². The second-order valence-corrected chi connectivity index (χ2v) is 7.20. The van der Waals surface area contributed by atoms with Gasteiger partial charge in [-0.25, -0.2) is 0 Å². The molecule has 1 nitrogen and oxygen atoms in total. The summed E-state index contributed by atoms with van der Waals surface area (Å²) in [6.07, 6.45) is 17.3. The molecule has 0 saturated carbocycles. The van der Waals surface area contributed by atoms with E-state index >= 15 is 0 Å². The van der Waals surface area contributed by atoms with Crippen LogP contribution in [0.1, 0.15) is 77.0 Å². The van der Waals surface area contributed by atoms with Gasteiger partial charge in [-0.1, -0.05) is 44.9 Å². The van der Waals surface area contributed by atoms with Crippen molar-refractivity contribution in [1.29, 1.82) is 0 Å². The third-order valence-electron chi connectivity index (χ3n) is 4.75. The Morgan fingerprint density at radius 3 is 1.58 bits per heavy atom. The molecule has 1 heterocycles. The van der Waals surface area contributed by atoms with E-state index in [2.05, 4.69) is 19.7 Å². The van der Waals surface area contributed by atoms with E-state index < -0.39 is 0 Å². The predicted molar refractivity (Wildman–Crippen MR) is 90.0 cm³/mol. The molecule has 1 rings (SSSR count). The van der Waals surface area contributed by atoms with Crippen LogP contribution in [-0.2, 0) is 0 Å². The van der Waals surface area contributed by atoms with E-state index in [0.29, 0.717) is 0 Å². The van der Waals surface area contributed by atoms with Gasteiger partial charge in [0.25, 0.3) is 0 Å². The highest BCUT2D eigenvalue weighted by atomic mass is 32.1. The van der Waals surface area contributed by atoms with Gasteiger partial charge in [-0.3, -0.25) is 0 Å². The van der Waals surface area contributed by atoms with Crippen molar-refractivity contribution in [1.82, 2.24) is 0 Å². The fraction of sp³-hybridized carbons (Fsp3) is 1.00. The molecule has 1 aliphatic rings. The molecule has 0 amide bonds. The van der Waals surface area contributed by atoms with E-state index in [1.54, 1.807) is 0 Å². The van der Waals surface area contributed by atoms with Crippen LogP contribution in [0.4, 0.5) is 0 Å². The minimum atomic E-state index is 1.07. The minimum Gasteiger partial charge on any atom is -0.326 e. The lowest BCUT2D eigenvalue weighted by Gasteiger charge is -2.29. The number of hydrogen-bond donors (Lipinski definition) is 1. The van der Waals surface area contributed by atoms with Crippen LogP contribution >= 0.6 is 12.6 Å². The lowest BCUT2D eigenvalue weighted by Crippen LogP contribution is -2.41. The number of thiol groups is 1. The van der Waals surface area contributed by atoms with Crippen molar-refractivity contribution < 1.29 is 4.48 Å². The maximum Gasteiger partial charge on any atom is 0.0786 e. The maximum absolute atomic E-state index is 4.25. The van der Waals surface area contributed by atoms with Crippen LogP contribution in [0.15, 0.2) is 0 Å². The summed E-state index contributed by atoms with van der Waals surface area (Å²) in [4.78, 5) is 0. The molecule has 0 aromatic heterocycles. The quantitative estimate of drug-likeness (QED) is 0.289. The van der Waals surface area contributed by atoms with Gasteiger partial charge in [0.1, 0.15) is 0 Å². The molecular formula is C17H36NS+. The van der Waals surface area contributed by atoms with E-state index in [1.807, 2.05) is 0 Å². The van der Waals surface area contributed by atoms with Gasteiger partial charge in [0, 0.05) is 12.8 Å². The molecule has 19 heavy (non-hydrogen) atoms. The van der Waals surface area contributed by atoms with Crippen LogP contribution in [0, 0.1) is 0 Å². The first-order chi connectivity index (χ1) is 9.27. The molecule has 1 aliphatic heterocycles. The van der Waals surface area contributed by atoms with Crippen molar-refractivity contribution in [3.05, 3.63) is 0 Å². The Morgan fingerprint density at radius 1 is 0.684 bits per heavy atom. The first kappa shape index (κ1) is 17.4. The van der Waals surface area contributed by atoms with Crippen molar-refractivity contribution in [2.24, 2.45) is 0 Å². The van der Waals surface area contributed by atoms with Crippen molar-refractivity contribution in [2.75, 3.05) is 32.4 Å². The fourth-order valence-corrected chi connectivity index (χ4v) is 3.57. The summed E-state index contributed by atoms with van der Waals surface area (Å²) in [5, 5.41) is 0. The molecule has 0 unspecified atom stereocenters. The average molecular weight is 287 g/mol. The normalized spacial score (nSPS) is 18.0. The van der Waals surface area contributed by atoms with Gasteiger partial charge in [0.15, 0.2) is 0 Å². The zero-order valence-corrected chi connectivity index (χ0v) is 14.1. The summed E-state index contributed by atoms with van der Waals surface area (Å²) in [6, 6.07) is 0. The van der Waals surface area contributed by atoms with Crippen LogP contribution < -0.4 is 0 Å². The standard InChI is InChI=1S/C17H35NS/c1-18(15-11-12-16-18)14-10-8-6-4-2-3-5-7-9-13-17-19/h2-17H2,1H3/p+1. The molecule has 0 N–H and O–H groups in total. The third kappa shape index (κ3) is 8.96. The zero-order chi connectivity index (χ0) is 13.8. The molecule has 0 atom stereocenters. The number of hydrogen-bond acceptors (Lipinski definition) is 1. The zero-order valence-electron chi connectivity index (χ0n) is 13.2. The summed E-state index contributed by atoms with van der Waals surface area (Å²) in [7, 11) is 2.46. The molecule has 1 fully saturated rings. The Morgan fingerprint density at radius 2 is 1.11 bits per heavy atom. The summed E-state index contributed by atoms with van der Waals surface area (Å²) >= 11 is 4.25. The molecule has 0 bridgehead atoms. The van der Waals surface area contributed by atoms with E-state index in [1.165, 1.54) is 101 Å². The predicted octanol–water partition coefficient (Wildman–Crippen LogP) is 5.06. The fourth-order valence-electron chi connectivity index (χ4n) is 3.34. The van der Waals surface area contributed by atoms with E-state index in [4.69, 9.17) is 0 Å². The van der Waals surface area contributed by atoms with Crippen molar-refractivity contribution in [3.63, 3.8) is 0 Å². The highest BCUT2D eigenvalue weighted by Gasteiger charge is 2.25. The van der Waals surface area contributed by atoms with Gasteiger partial charge in [-0.2, -0.15) is 12.6 Å². The number of nitrogens with zero attached hydrogens (tertiary/aromatic N) is 1. The molecule has 0 aliphatic carbocycles. The largest absolute Gasteiger partial charge is 0.326 e. The summed E-state index contributed by atoms with van der Waals surface area (Å²) in [5.74, 6) is 1.07. The van der Waals surface area contributed by atoms with Crippen LogP contribution in [-0.4, -0.2) is 36.9 Å². The molecule has 0 aromatic carbocycles. The Kier molecular flexibility index (Phi) is 10.1. The molecular weight excluding hydrogens is 250 g/mol. The Bertz CT molecular complexity index is 199. The Balaban J connectivity index is 1.76. The third-order valence-corrected chi connectivity index (χ3v) is 5.07. The number of unbranched alkanes of at least 4 members (excludes halogenated alkanes) is 9. The topological polar surface area (TPSA) is 0 Å². The number of rotatable bonds is 12. The van der Waals surface area contributed by atoms with Crippen LogP contribution in [0.3, 0.4) is 0 Å². The Hall–Kier alpha value is 0.310. The first-order valence-electron chi connectivity index (χ1n) is 8.71. The maximum atomic E-state index is 4.25. The molecule has 0 radical (unpaired) electrons.